The highest BCUT2D eigenvalue weighted by Gasteiger charge is 2.79. The molecule has 1 N–H and O–H groups in total. The number of hydrogen-bond donors (Lipinski definition) is 1. The predicted octanol–water partition coefficient (Wildman–Crippen LogP) is 4.65. The molecule has 1 saturated carbocycles. The summed E-state index contributed by atoms with van der Waals surface area (Å²) >= 11 is 0. The molecule has 3 atom stereocenters. The number of ether oxygens (including phenoxy) is 3. The summed E-state index contributed by atoms with van der Waals surface area (Å²) in [4.78, 5) is 71.3. The van der Waals surface area contributed by atoms with Crippen molar-refractivity contribution in [3.05, 3.63) is 102 Å². The number of nitrogens with zero attached hydrogens (tertiary/aromatic N) is 1. The Hall–Kier alpha value is -4.83. The first-order valence-corrected chi connectivity index (χ1v) is 14.7. The van der Waals surface area contributed by atoms with Gasteiger partial charge in [-0.2, -0.15) is 0 Å². The average molecular weight is 614 g/mol. The van der Waals surface area contributed by atoms with Crippen LogP contribution in [0, 0.1) is 11.3 Å². The molecule has 0 bridgehead atoms. The lowest BCUT2D eigenvalue weighted by atomic mass is 9.48. The molecule has 1 spiro atoms. The summed E-state index contributed by atoms with van der Waals surface area (Å²) in [5.74, 6) is -5.00. The summed E-state index contributed by atoms with van der Waals surface area (Å²) in [6.45, 7) is 4.28. The van der Waals surface area contributed by atoms with Crippen LogP contribution in [0.15, 0.2) is 84.9 Å². The minimum Gasteiger partial charge on any atom is -0.460 e. The lowest BCUT2D eigenvalue weighted by Gasteiger charge is -2.51. The zero-order valence-corrected chi connectivity index (χ0v) is 25.3. The number of esters is 2. The van der Waals surface area contributed by atoms with Crippen molar-refractivity contribution >= 4 is 35.9 Å². The lowest BCUT2D eigenvalue weighted by Crippen LogP contribution is -2.71. The molecule has 2 aliphatic rings. The van der Waals surface area contributed by atoms with Crippen molar-refractivity contribution in [2.45, 2.75) is 63.9 Å². The van der Waals surface area contributed by atoms with E-state index in [1.165, 1.54) is 12.1 Å². The largest absolute Gasteiger partial charge is 0.460 e. The molecule has 1 aliphatic carbocycles. The molecule has 0 unspecified atom stereocenters. The minimum atomic E-state index is -2.71. The summed E-state index contributed by atoms with van der Waals surface area (Å²) in [5.41, 5.74) is -5.00. The Labute approximate surface area is 260 Å². The number of imide groups is 1. The molecule has 1 aliphatic heterocycles. The van der Waals surface area contributed by atoms with Crippen LogP contribution in [0.5, 0.6) is 0 Å². The van der Waals surface area contributed by atoms with Gasteiger partial charge < -0.3 is 24.1 Å². The van der Waals surface area contributed by atoms with Crippen LogP contribution >= 0.6 is 0 Å². The summed E-state index contributed by atoms with van der Waals surface area (Å²) in [6.07, 6.45) is -2.60. The first kappa shape index (κ1) is 31.6. The van der Waals surface area contributed by atoms with Crippen LogP contribution in [0.3, 0.4) is 0 Å². The second kappa shape index (κ2) is 12.3. The van der Waals surface area contributed by atoms with Crippen LogP contribution in [0.1, 0.15) is 50.3 Å². The van der Waals surface area contributed by atoms with E-state index >= 15 is 0 Å². The Kier molecular flexibility index (Phi) is 8.62. The van der Waals surface area contributed by atoms with Gasteiger partial charge >= 0.3 is 18.0 Å². The molecule has 0 radical (unpaired) electrons. The zero-order chi connectivity index (χ0) is 32.4. The monoisotopic (exact) mass is 613 g/mol. The quantitative estimate of drug-likeness (QED) is 0.175. The van der Waals surface area contributed by atoms with Gasteiger partial charge in [0.2, 0.25) is 0 Å². The number of aliphatic hydroxyl groups is 1. The van der Waals surface area contributed by atoms with E-state index in [4.69, 9.17) is 14.2 Å². The van der Waals surface area contributed by atoms with E-state index in [1.54, 1.807) is 93.6 Å². The van der Waals surface area contributed by atoms with Gasteiger partial charge in [0, 0.05) is 5.92 Å². The summed E-state index contributed by atoms with van der Waals surface area (Å²) in [7, 11) is 0. The Morgan fingerprint density at radius 1 is 0.844 bits per heavy atom. The third kappa shape index (κ3) is 5.29. The summed E-state index contributed by atoms with van der Waals surface area (Å²) in [5, 5.41) is 11.9. The number of carbonyl (C=O) groups excluding carboxylic acids is 5. The van der Waals surface area contributed by atoms with Crippen molar-refractivity contribution in [3.63, 3.8) is 0 Å². The molecule has 3 aromatic rings. The fourth-order valence-corrected chi connectivity index (χ4v) is 6.47. The third-order valence-corrected chi connectivity index (χ3v) is 8.35. The lowest BCUT2D eigenvalue weighted by molar-refractivity contribution is -0.200. The number of rotatable bonds is 7. The second-order valence-electron chi connectivity index (χ2n) is 12.2. The van der Waals surface area contributed by atoms with Crippen LogP contribution in [-0.4, -0.2) is 47.0 Å². The fraction of sp³-hybridized carbons (Fsp3) is 0.343. The highest BCUT2D eigenvalue weighted by atomic mass is 16.6. The molecule has 0 aromatic heterocycles. The van der Waals surface area contributed by atoms with Gasteiger partial charge in [-0.25, -0.2) is 9.69 Å². The van der Waals surface area contributed by atoms with Crippen LogP contribution < -0.4 is 4.90 Å². The number of aliphatic hydroxyl groups excluding tert-OH is 1. The van der Waals surface area contributed by atoms with Gasteiger partial charge in [-0.05, 0) is 56.4 Å². The van der Waals surface area contributed by atoms with Crippen molar-refractivity contribution in [1.29, 1.82) is 0 Å². The highest BCUT2D eigenvalue weighted by molar-refractivity contribution is 6.26. The van der Waals surface area contributed by atoms with Gasteiger partial charge in [-0.1, -0.05) is 78.9 Å². The Balaban J connectivity index is 1.73. The first-order chi connectivity index (χ1) is 21.5. The van der Waals surface area contributed by atoms with Crippen LogP contribution in [0.25, 0.3) is 0 Å². The number of fused-ring (bicyclic) bond motifs is 2. The molecule has 10 heteroatoms. The van der Waals surface area contributed by atoms with E-state index < -0.39 is 52.4 Å². The first-order valence-electron chi connectivity index (χ1n) is 14.7. The second-order valence-corrected chi connectivity index (χ2v) is 12.2. The molecule has 45 heavy (non-hydrogen) atoms. The van der Waals surface area contributed by atoms with Crippen molar-refractivity contribution in [2.24, 2.45) is 11.3 Å². The number of para-hydroxylation sites is 1. The number of hydrogen-bond acceptors (Lipinski definition) is 9. The van der Waals surface area contributed by atoms with Crippen molar-refractivity contribution < 1.29 is 43.3 Å². The van der Waals surface area contributed by atoms with Gasteiger partial charge in [0.15, 0.2) is 5.41 Å². The van der Waals surface area contributed by atoms with E-state index in [-0.39, 0.29) is 37.3 Å². The van der Waals surface area contributed by atoms with Gasteiger partial charge in [-0.15, -0.1) is 0 Å². The molecular weight excluding hydrogens is 578 g/mol. The Morgan fingerprint density at radius 2 is 1.36 bits per heavy atom. The number of carbonyl (C=O) groups is 5. The van der Waals surface area contributed by atoms with Crippen molar-refractivity contribution in [2.75, 3.05) is 4.90 Å². The van der Waals surface area contributed by atoms with Crippen LogP contribution in [0.2, 0.25) is 0 Å². The van der Waals surface area contributed by atoms with E-state index in [1.807, 2.05) is 0 Å². The Morgan fingerprint density at radius 3 is 1.87 bits per heavy atom. The molecule has 1 fully saturated rings. The van der Waals surface area contributed by atoms with Gasteiger partial charge in [0.1, 0.15) is 30.5 Å². The SMILES string of the molecule is CC(C)(C)OC(=O)N1C(=O)[C@@]2(c3ccccc31)[C@@H](O)CC[C@H](C=O)C2(C(=O)OCc1ccccc1)C(=O)OCc1ccccc1. The van der Waals surface area contributed by atoms with E-state index in [2.05, 4.69) is 0 Å². The third-order valence-electron chi connectivity index (χ3n) is 8.35. The van der Waals surface area contributed by atoms with Crippen LogP contribution in [0.4, 0.5) is 10.5 Å². The molecule has 2 amide bonds. The Bertz CT molecular complexity index is 1540. The number of benzene rings is 3. The summed E-state index contributed by atoms with van der Waals surface area (Å²) < 4.78 is 17.1. The molecule has 0 saturated heterocycles. The van der Waals surface area contributed by atoms with E-state index in [0.717, 1.165) is 4.90 Å². The smallest absolute Gasteiger partial charge is 0.421 e. The highest BCUT2D eigenvalue weighted by Crippen LogP contribution is 2.62. The molecule has 234 valence electrons. The van der Waals surface area contributed by atoms with Crippen LogP contribution in [-0.2, 0) is 52.0 Å². The minimum absolute atomic E-state index is 0.00762. The van der Waals surface area contributed by atoms with E-state index in [9.17, 15) is 29.1 Å². The number of aldehydes is 1. The molecule has 3 aromatic carbocycles. The average Bonchev–Trinajstić information content (AvgIpc) is 3.29. The molecular formula is C35H35NO9. The van der Waals surface area contributed by atoms with E-state index in [0.29, 0.717) is 17.4 Å². The number of anilines is 1. The maximum absolute atomic E-state index is 14.8. The standard InChI is InChI=1S/C35H35NO9/c1-33(2,3)45-32(42)36-27-17-11-10-16-26(27)35(29(36)39)28(38)19-18-25(20-37)34(35,30(40)43-21-23-12-6-4-7-13-23)31(41)44-22-24-14-8-5-9-15-24/h4-17,20,25,28,38H,18-19,21-22H2,1-3H3/t25-,28+,35-/m1/s1. The summed E-state index contributed by atoms with van der Waals surface area (Å²) in [6, 6.07) is 23.4. The normalized spacial score (nSPS) is 22.0. The maximum atomic E-state index is 14.8. The van der Waals surface area contributed by atoms with Crippen molar-refractivity contribution in [1.82, 2.24) is 0 Å². The zero-order valence-electron chi connectivity index (χ0n) is 25.3. The van der Waals surface area contributed by atoms with Gasteiger partial charge in [-0.3, -0.25) is 14.4 Å². The number of amides is 2. The van der Waals surface area contributed by atoms with Gasteiger partial charge in [0.25, 0.3) is 5.91 Å². The molecule has 1 heterocycles. The fourth-order valence-electron chi connectivity index (χ4n) is 6.47. The molecule has 5 rings (SSSR count). The molecule has 10 nitrogen and oxygen atoms in total. The maximum Gasteiger partial charge on any atom is 0.421 e. The topological polar surface area (TPSA) is 137 Å². The van der Waals surface area contributed by atoms with Gasteiger partial charge in [0.05, 0.1) is 11.8 Å². The van der Waals surface area contributed by atoms with Crippen molar-refractivity contribution in [3.8, 4) is 0 Å². The predicted molar refractivity (Wildman–Crippen MR) is 162 cm³/mol.